The first-order chi connectivity index (χ1) is 9.63. The Bertz CT molecular complexity index is 476. The average molecular weight is 278 g/mol. The van der Waals surface area contributed by atoms with Crippen LogP contribution in [0.2, 0.25) is 0 Å². The van der Waals surface area contributed by atoms with Gasteiger partial charge in [0.15, 0.2) is 0 Å². The van der Waals surface area contributed by atoms with Gasteiger partial charge < -0.3 is 10.6 Å². The van der Waals surface area contributed by atoms with E-state index in [2.05, 4.69) is 17.6 Å². The maximum atomic E-state index is 13.8. The number of amides is 1. The van der Waals surface area contributed by atoms with Gasteiger partial charge in [0.1, 0.15) is 5.82 Å². The lowest BCUT2D eigenvalue weighted by atomic mass is 9.98. The van der Waals surface area contributed by atoms with Crippen LogP contribution in [0.5, 0.6) is 0 Å². The van der Waals surface area contributed by atoms with Gasteiger partial charge in [-0.25, -0.2) is 4.39 Å². The van der Waals surface area contributed by atoms with Crippen LogP contribution < -0.4 is 10.6 Å². The second-order valence-corrected chi connectivity index (χ2v) is 5.57. The van der Waals surface area contributed by atoms with Crippen molar-refractivity contribution in [3.05, 3.63) is 29.6 Å². The Kier molecular flexibility index (Phi) is 4.99. The number of carbonyl (C=O) groups is 1. The first kappa shape index (κ1) is 14.8. The molecule has 1 aliphatic rings. The summed E-state index contributed by atoms with van der Waals surface area (Å²) in [7, 11) is 0. The van der Waals surface area contributed by atoms with Crippen molar-refractivity contribution in [1.29, 1.82) is 0 Å². The van der Waals surface area contributed by atoms with Crippen molar-refractivity contribution in [2.45, 2.75) is 33.1 Å². The van der Waals surface area contributed by atoms with Gasteiger partial charge in [0.25, 0.3) is 5.91 Å². The second-order valence-electron chi connectivity index (χ2n) is 5.57. The molecule has 0 heterocycles. The third kappa shape index (κ3) is 3.30. The lowest BCUT2D eigenvalue weighted by Crippen LogP contribution is -2.31. The Hall–Kier alpha value is -1.58. The highest BCUT2D eigenvalue weighted by Gasteiger charge is 2.24. The lowest BCUT2D eigenvalue weighted by molar-refractivity contribution is 0.0945. The minimum atomic E-state index is -0.381. The monoisotopic (exact) mass is 278 g/mol. The summed E-state index contributed by atoms with van der Waals surface area (Å²) in [5.41, 5.74) is 0.685. The summed E-state index contributed by atoms with van der Waals surface area (Å²) in [5, 5.41) is 5.88. The van der Waals surface area contributed by atoms with E-state index >= 15 is 0 Å². The first-order valence-electron chi connectivity index (χ1n) is 7.44. The highest BCUT2D eigenvalue weighted by atomic mass is 19.1. The number of para-hydroxylation sites is 1. The quantitative estimate of drug-likeness (QED) is 0.866. The molecule has 0 aliphatic heterocycles. The van der Waals surface area contributed by atoms with Crippen molar-refractivity contribution in [3.8, 4) is 0 Å². The van der Waals surface area contributed by atoms with Crippen LogP contribution in [0.4, 0.5) is 10.1 Å². The van der Waals surface area contributed by atoms with Gasteiger partial charge >= 0.3 is 0 Å². The van der Waals surface area contributed by atoms with Gasteiger partial charge in [0.2, 0.25) is 0 Å². The summed E-state index contributed by atoms with van der Waals surface area (Å²) < 4.78 is 13.8. The average Bonchev–Trinajstić information content (AvgIpc) is 2.84. The van der Waals surface area contributed by atoms with E-state index in [0.29, 0.717) is 36.2 Å². The highest BCUT2D eigenvalue weighted by molar-refractivity contribution is 5.99. The molecule has 1 aromatic carbocycles. The predicted octanol–water partition coefficient (Wildman–Crippen LogP) is 3.42. The number of halogens is 1. The standard InChI is InChI=1S/C16H23FN2O/c1-3-18-15-13(8-5-9-14(15)17)16(20)19-10-12-7-4-6-11(12)2/h5,8-9,11-12,18H,3-4,6-7,10H2,1-2H3,(H,19,20). The van der Waals surface area contributed by atoms with E-state index < -0.39 is 0 Å². The maximum absolute atomic E-state index is 13.8. The van der Waals surface area contributed by atoms with E-state index in [1.54, 1.807) is 12.1 Å². The molecule has 1 amide bonds. The van der Waals surface area contributed by atoms with Crippen molar-refractivity contribution in [3.63, 3.8) is 0 Å². The zero-order valence-electron chi connectivity index (χ0n) is 12.2. The van der Waals surface area contributed by atoms with E-state index in [1.807, 2.05) is 6.92 Å². The molecule has 1 aromatic rings. The molecule has 2 atom stereocenters. The Morgan fingerprint density at radius 3 is 2.85 bits per heavy atom. The Morgan fingerprint density at radius 2 is 2.20 bits per heavy atom. The zero-order valence-corrected chi connectivity index (χ0v) is 12.2. The van der Waals surface area contributed by atoms with Gasteiger partial charge in [-0.3, -0.25) is 4.79 Å². The topological polar surface area (TPSA) is 41.1 Å². The van der Waals surface area contributed by atoms with Gasteiger partial charge in [-0.2, -0.15) is 0 Å². The van der Waals surface area contributed by atoms with Crippen LogP contribution in [0.25, 0.3) is 0 Å². The Balaban J connectivity index is 2.03. The van der Waals surface area contributed by atoms with Crippen LogP contribution in [0.15, 0.2) is 18.2 Å². The Morgan fingerprint density at radius 1 is 1.40 bits per heavy atom. The van der Waals surface area contributed by atoms with Crippen LogP contribution >= 0.6 is 0 Å². The number of benzene rings is 1. The molecule has 1 aliphatic carbocycles. The largest absolute Gasteiger partial charge is 0.382 e. The van der Waals surface area contributed by atoms with E-state index in [1.165, 1.54) is 25.3 Å². The molecule has 0 saturated heterocycles. The number of hydrogen-bond acceptors (Lipinski definition) is 2. The van der Waals surface area contributed by atoms with Crippen LogP contribution in [0, 0.1) is 17.7 Å². The van der Waals surface area contributed by atoms with Gasteiger partial charge in [-0.05, 0) is 37.3 Å². The van der Waals surface area contributed by atoms with Crippen LogP contribution in [0.3, 0.4) is 0 Å². The molecule has 2 N–H and O–H groups in total. The van der Waals surface area contributed by atoms with E-state index in [0.717, 1.165) is 0 Å². The summed E-state index contributed by atoms with van der Waals surface area (Å²) in [4.78, 5) is 12.2. The first-order valence-corrected chi connectivity index (χ1v) is 7.44. The number of carbonyl (C=O) groups excluding carboxylic acids is 1. The fourth-order valence-electron chi connectivity index (χ4n) is 2.91. The highest BCUT2D eigenvalue weighted by Crippen LogP contribution is 2.30. The molecule has 110 valence electrons. The molecule has 1 saturated carbocycles. The van der Waals surface area contributed by atoms with E-state index in [9.17, 15) is 9.18 Å². The molecular weight excluding hydrogens is 255 g/mol. The molecule has 0 spiro atoms. The normalized spacial score (nSPS) is 21.8. The molecule has 0 bridgehead atoms. The Labute approximate surface area is 120 Å². The molecule has 4 heteroatoms. The second kappa shape index (κ2) is 6.73. The number of anilines is 1. The summed E-state index contributed by atoms with van der Waals surface area (Å²) in [5.74, 6) is 0.638. The van der Waals surface area contributed by atoms with Gasteiger partial charge in [0, 0.05) is 13.1 Å². The molecule has 3 nitrogen and oxygen atoms in total. The fraction of sp³-hybridized carbons (Fsp3) is 0.562. The number of nitrogens with one attached hydrogen (secondary N) is 2. The minimum Gasteiger partial charge on any atom is -0.382 e. The van der Waals surface area contributed by atoms with Crippen LogP contribution in [0.1, 0.15) is 43.5 Å². The fourth-order valence-corrected chi connectivity index (χ4v) is 2.91. The van der Waals surface area contributed by atoms with Crippen LogP contribution in [-0.2, 0) is 0 Å². The van der Waals surface area contributed by atoms with Crippen molar-refractivity contribution in [1.82, 2.24) is 5.32 Å². The summed E-state index contributed by atoms with van der Waals surface area (Å²) in [6.45, 7) is 5.38. The zero-order chi connectivity index (χ0) is 14.5. The molecule has 2 rings (SSSR count). The molecule has 20 heavy (non-hydrogen) atoms. The van der Waals surface area contributed by atoms with Gasteiger partial charge in [-0.15, -0.1) is 0 Å². The third-order valence-electron chi connectivity index (χ3n) is 4.18. The number of hydrogen-bond donors (Lipinski definition) is 2. The van der Waals surface area contributed by atoms with E-state index in [4.69, 9.17) is 0 Å². The minimum absolute atomic E-state index is 0.195. The maximum Gasteiger partial charge on any atom is 0.253 e. The van der Waals surface area contributed by atoms with Gasteiger partial charge in [-0.1, -0.05) is 25.8 Å². The molecule has 1 fully saturated rings. The smallest absolute Gasteiger partial charge is 0.253 e. The summed E-state index contributed by atoms with van der Waals surface area (Å²) in [6.07, 6.45) is 3.65. The van der Waals surface area contributed by atoms with Crippen molar-refractivity contribution < 1.29 is 9.18 Å². The van der Waals surface area contributed by atoms with Crippen LogP contribution in [-0.4, -0.2) is 19.0 Å². The summed E-state index contributed by atoms with van der Waals surface area (Å²) >= 11 is 0. The third-order valence-corrected chi connectivity index (χ3v) is 4.18. The van der Waals surface area contributed by atoms with Gasteiger partial charge in [0.05, 0.1) is 11.3 Å². The van der Waals surface area contributed by atoms with Crippen molar-refractivity contribution in [2.75, 3.05) is 18.4 Å². The lowest BCUT2D eigenvalue weighted by Gasteiger charge is -2.17. The SMILES string of the molecule is CCNc1c(F)cccc1C(=O)NCC1CCCC1C. The molecule has 0 aromatic heterocycles. The number of rotatable bonds is 5. The predicted molar refractivity (Wildman–Crippen MR) is 79.4 cm³/mol. The summed E-state index contributed by atoms with van der Waals surface area (Å²) in [6, 6.07) is 4.60. The molecule has 0 radical (unpaired) electrons. The van der Waals surface area contributed by atoms with Crippen molar-refractivity contribution in [2.24, 2.45) is 11.8 Å². The van der Waals surface area contributed by atoms with Crippen molar-refractivity contribution >= 4 is 11.6 Å². The van der Waals surface area contributed by atoms with E-state index in [-0.39, 0.29) is 11.7 Å². The molecule has 2 unspecified atom stereocenters. The molecular formula is C16H23FN2O.